The maximum atomic E-state index is 12.7. The Morgan fingerprint density at radius 1 is 1.36 bits per heavy atom. The lowest BCUT2D eigenvalue weighted by Gasteiger charge is -2.36. The molecule has 1 aliphatic heterocycles. The van der Waals surface area contributed by atoms with Crippen molar-refractivity contribution in [1.82, 2.24) is 15.1 Å². The lowest BCUT2D eigenvalue weighted by Crippen LogP contribution is -2.49. The molecule has 1 atom stereocenters. The van der Waals surface area contributed by atoms with Crippen LogP contribution in [0.1, 0.15) is 25.5 Å². The van der Waals surface area contributed by atoms with E-state index < -0.39 is 12.0 Å². The lowest BCUT2D eigenvalue weighted by atomic mass is 9.94. The van der Waals surface area contributed by atoms with E-state index in [9.17, 15) is 9.59 Å². The zero-order chi connectivity index (χ0) is 18.6. The molecule has 0 spiro atoms. The molecule has 0 aromatic heterocycles. The van der Waals surface area contributed by atoms with Crippen LogP contribution in [0.25, 0.3) is 0 Å². The number of carbonyl (C=O) groups excluding carboxylic acids is 2. The molecular formula is C18H24ClN3O3. The zero-order valence-electron chi connectivity index (χ0n) is 15.0. The summed E-state index contributed by atoms with van der Waals surface area (Å²) >= 11 is 6.32. The molecule has 0 saturated carbocycles. The van der Waals surface area contributed by atoms with Gasteiger partial charge in [-0.25, -0.2) is 9.59 Å². The van der Waals surface area contributed by atoms with Crippen molar-refractivity contribution in [2.24, 2.45) is 0 Å². The Hall–Kier alpha value is -2.05. The molecule has 1 aromatic rings. The fraction of sp³-hybridized carbons (Fsp3) is 0.444. The second-order valence-corrected chi connectivity index (χ2v) is 6.28. The molecule has 1 aromatic carbocycles. The van der Waals surface area contributed by atoms with Crippen LogP contribution in [-0.4, -0.2) is 55.6 Å². The number of nitrogens with zero attached hydrogens (tertiary/aromatic N) is 2. The van der Waals surface area contributed by atoms with E-state index in [4.69, 9.17) is 16.3 Å². The molecular weight excluding hydrogens is 342 g/mol. The quantitative estimate of drug-likeness (QED) is 0.787. The predicted molar refractivity (Wildman–Crippen MR) is 97.3 cm³/mol. The summed E-state index contributed by atoms with van der Waals surface area (Å²) in [6, 6.07) is 6.25. The average Bonchev–Trinajstić information content (AvgIpc) is 2.59. The standard InChI is InChI=1S/C18H24ClN3O3/c1-5-21(3)11-14-15(17(23)25-6-2)16(20-18(24)22(14)4)12-9-7-8-10-13(12)19/h7-10,16H,5-6,11H2,1-4H3,(H,20,24). The highest BCUT2D eigenvalue weighted by Gasteiger charge is 2.37. The van der Waals surface area contributed by atoms with Gasteiger partial charge in [-0.1, -0.05) is 36.7 Å². The van der Waals surface area contributed by atoms with E-state index in [0.717, 1.165) is 6.54 Å². The minimum Gasteiger partial charge on any atom is -0.463 e. The van der Waals surface area contributed by atoms with Gasteiger partial charge >= 0.3 is 12.0 Å². The molecule has 0 fully saturated rings. The van der Waals surface area contributed by atoms with E-state index in [0.29, 0.717) is 28.4 Å². The van der Waals surface area contributed by atoms with E-state index in [1.165, 1.54) is 4.90 Å². The second kappa shape index (κ2) is 8.36. The van der Waals surface area contributed by atoms with Gasteiger partial charge in [0.25, 0.3) is 0 Å². The third kappa shape index (κ3) is 4.14. The van der Waals surface area contributed by atoms with Gasteiger partial charge in [-0.05, 0) is 32.1 Å². The number of rotatable bonds is 6. The Labute approximate surface area is 153 Å². The largest absolute Gasteiger partial charge is 0.463 e. The van der Waals surface area contributed by atoms with Gasteiger partial charge < -0.3 is 15.0 Å². The van der Waals surface area contributed by atoms with E-state index in [1.54, 1.807) is 26.1 Å². The summed E-state index contributed by atoms with van der Waals surface area (Å²) in [5, 5.41) is 3.35. The molecule has 2 rings (SSSR count). The first-order chi connectivity index (χ1) is 11.9. The Bertz CT molecular complexity index is 690. The fourth-order valence-corrected chi connectivity index (χ4v) is 2.95. The molecule has 0 bridgehead atoms. The number of esters is 1. The van der Waals surface area contributed by atoms with E-state index in [-0.39, 0.29) is 12.6 Å². The Morgan fingerprint density at radius 2 is 2.04 bits per heavy atom. The first-order valence-corrected chi connectivity index (χ1v) is 8.65. The molecule has 1 unspecified atom stereocenters. The number of carbonyl (C=O) groups is 2. The van der Waals surface area contributed by atoms with E-state index >= 15 is 0 Å². The molecule has 1 N–H and O–H groups in total. The number of hydrogen-bond donors (Lipinski definition) is 1. The molecule has 7 heteroatoms. The minimum atomic E-state index is -0.642. The predicted octanol–water partition coefficient (Wildman–Crippen LogP) is 2.81. The molecule has 0 aliphatic carbocycles. The normalized spacial score (nSPS) is 17.8. The van der Waals surface area contributed by atoms with Crippen LogP contribution in [0.3, 0.4) is 0 Å². The van der Waals surface area contributed by atoms with Gasteiger partial charge in [-0.2, -0.15) is 0 Å². The first-order valence-electron chi connectivity index (χ1n) is 8.28. The number of nitrogens with one attached hydrogen (secondary N) is 1. The number of halogens is 1. The number of urea groups is 1. The van der Waals surface area contributed by atoms with Gasteiger partial charge in [0.2, 0.25) is 0 Å². The third-order valence-corrected chi connectivity index (χ3v) is 4.59. The number of ether oxygens (including phenoxy) is 1. The van der Waals surface area contributed by atoms with Crippen LogP contribution < -0.4 is 5.32 Å². The number of benzene rings is 1. The van der Waals surface area contributed by atoms with Crippen molar-refractivity contribution in [2.45, 2.75) is 19.9 Å². The smallest absolute Gasteiger partial charge is 0.338 e. The van der Waals surface area contributed by atoms with Gasteiger partial charge in [0.15, 0.2) is 0 Å². The van der Waals surface area contributed by atoms with E-state index in [2.05, 4.69) is 5.32 Å². The van der Waals surface area contributed by atoms with Gasteiger partial charge in [0.1, 0.15) is 0 Å². The maximum absolute atomic E-state index is 12.7. The second-order valence-electron chi connectivity index (χ2n) is 5.87. The SMILES string of the molecule is CCOC(=O)C1=C(CN(C)CC)N(C)C(=O)NC1c1ccccc1Cl. The molecule has 25 heavy (non-hydrogen) atoms. The first kappa shape index (κ1) is 19.3. The third-order valence-electron chi connectivity index (χ3n) is 4.25. The summed E-state index contributed by atoms with van der Waals surface area (Å²) in [5.41, 5.74) is 1.71. The topological polar surface area (TPSA) is 61.9 Å². The highest BCUT2D eigenvalue weighted by molar-refractivity contribution is 6.31. The Kier molecular flexibility index (Phi) is 6.45. The summed E-state index contributed by atoms with van der Waals surface area (Å²) in [6.45, 7) is 5.26. The van der Waals surface area contributed by atoms with Crippen molar-refractivity contribution < 1.29 is 14.3 Å². The van der Waals surface area contributed by atoms with Crippen molar-refractivity contribution in [2.75, 3.05) is 33.8 Å². The van der Waals surface area contributed by atoms with Crippen molar-refractivity contribution in [1.29, 1.82) is 0 Å². The van der Waals surface area contributed by atoms with Crippen LogP contribution in [0, 0.1) is 0 Å². The highest BCUT2D eigenvalue weighted by atomic mass is 35.5. The summed E-state index contributed by atoms with van der Waals surface area (Å²) in [6.07, 6.45) is 0. The fourth-order valence-electron chi connectivity index (χ4n) is 2.71. The van der Waals surface area contributed by atoms with Crippen molar-refractivity contribution in [3.63, 3.8) is 0 Å². The van der Waals surface area contributed by atoms with Gasteiger partial charge in [-0.15, -0.1) is 0 Å². The number of amides is 2. The zero-order valence-corrected chi connectivity index (χ0v) is 15.8. The molecule has 0 saturated heterocycles. The van der Waals surface area contributed by atoms with Crippen LogP contribution in [0.2, 0.25) is 5.02 Å². The Balaban J connectivity index is 2.61. The van der Waals surface area contributed by atoms with Crippen LogP contribution in [-0.2, 0) is 9.53 Å². The average molecular weight is 366 g/mol. The van der Waals surface area contributed by atoms with Crippen LogP contribution in [0.5, 0.6) is 0 Å². The van der Waals surface area contributed by atoms with Gasteiger partial charge in [0, 0.05) is 24.3 Å². The summed E-state index contributed by atoms with van der Waals surface area (Å²) in [5.74, 6) is -0.446. The molecule has 136 valence electrons. The summed E-state index contributed by atoms with van der Waals surface area (Å²) in [4.78, 5) is 28.7. The van der Waals surface area contributed by atoms with Crippen molar-refractivity contribution in [3.8, 4) is 0 Å². The molecule has 0 radical (unpaired) electrons. The maximum Gasteiger partial charge on any atom is 0.338 e. The molecule has 6 nitrogen and oxygen atoms in total. The molecule has 2 amide bonds. The highest BCUT2D eigenvalue weighted by Crippen LogP contribution is 2.34. The number of hydrogen-bond acceptors (Lipinski definition) is 4. The summed E-state index contributed by atoms with van der Waals surface area (Å²) in [7, 11) is 3.58. The summed E-state index contributed by atoms with van der Waals surface area (Å²) < 4.78 is 5.27. The van der Waals surface area contributed by atoms with Crippen LogP contribution in [0.4, 0.5) is 4.79 Å². The number of likely N-dealkylation sites (N-methyl/N-ethyl adjacent to an activating group) is 2. The monoisotopic (exact) mass is 365 g/mol. The van der Waals surface area contributed by atoms with Gasteiger partial charge in [-0.3, -0.25) is 4.90 Å². The van der Waals surface area contributed by atoms with E-state index in [1.807, 2.05) is 31.0 Å². The Morgan fingerprint density at radius 3 is 2.64 bits per heavy atom. The van der Waals surface area contributed by atoms with Gasteiger partial charge in [0.05, 0.1) is 18.2 Å². The van der Waals surface area contributed by atoms with Crippen molar-refractivity contribution >= 4 is 23.6 Å². The molecule has 1 heterocycles. The van der Waals surface area contributed by atoms with Crippen LogP contribution >= 0.6 is 11.6 Å². The minimum absolute atomic E-state index is 0.256. The van der Waals surface area contributed by atoms with Crippen LogP contribution in [0.15, 0.2) is 35.5 Å². The lowest BCUT2D eigenvalue weighted by molar-refractivity contribution is -0.139. The van der Waals surface area contributed by atoms with Crippen molar-refractivity contribution in [3.05, 3.63) is 46.1 Å². The molecule has 1 aliphatic rings.